The third kappa shape index (κ3) is 2.48. The van der Waals surface area contributed by atoms with E-state index in [1.165, 1.54) is 5.01 Å². The first-order valence-corrected chi connectivity index (χ1v) is 3.49. The molecule has 12 heavy (non-hydrogen) atoms. The molecule has 0 aliphatic carbocycles. The molecule has 1 aliphatic rings. The largest absolute Gasteiger partial charge is 0.569 e. The molecule has 65 valence electrons. The minimum absolute atomic E-state index is 0. The van der Waals surface area contributed by atoms with E-state index in [0.29, 0.717) is 6.54 Å². The van der Waals surface area contributed by atoms with Crippen molar-refractivity contribution < 1.29 is 15.3 Å². The molecule has 2 N–H and O–H groups in total. The quantitative estimate of drug-likeness (QED) is 0.258. The van der Waals surface area contributed by atoms with Crippen LogP contribution in [0.3, 0.4) is 0 Å². The van der Waals surface area contributed by atoms with Crippen molar-refractivity contribution in [3.63, 3.8) is 0 Å². The Morgan fingerprint density at radius 1 is 1.67 bits per heavy atom. The van der Waals surface area contributed by atoms with E-state index >= 15 is 0 Å². The van der Waals surface area contributed by atoms with Crippen molar-refractivity contribution in [3.8, 4) is 0 Å². The summed E-state index contributed by atoms with van der Waals surface area (Å²) in [5.41, 5.74) is 0. The molecule has 0 amide bonds. The van der Waals surface area contributed by atoms with Crippen LogP contribution in [0, 0.1) is 5.21 Å². The van der Waals surface area contributed by atoms with Crippen molar-refractivity contribution in [2.45, 2.75) is 18.9 Å². The third-order valence-electron chi connectivity index (χ3n) is 1.85. The monoisotopic (exact) mass is 184 g/mol. The molecule has 7 heteroatoms. The van der Waals surface area contributed by atoms with E-state index in [9.17, 15) is 5.21 Å². The number of nitrogens with zero attached hydrogens (tertiary/aromatic N) is 3. The van der Waals surface area contributed by atoms with Crippen molar-refractivity contribution in [3.05, 3.63) is 5.21 Å². The van der Waals surface area contributed by atoms with E-state index in [1.54, 1.807) is 0 Å². The molecular weight excluding hydrogens is 173 g/mol. The molecule has 1 heterocycles. The van der Waals surface area contributed by atoms with Crippen LogP contribution in [0.25, 0.3) is 0 Å². The number of hydrazine groups is 1. The maximum Gasteiger partial charge on any atom is 0.230 e. The van der Waals surface area contributed by atoms with Gasteiger partial charge in [0.25, 0.3) is 0 Å². The van der Waals surface area contributed by atoms with Crippen LogP contribution in [0.2, 0.25) is 0 Å². The van der Waals surface area contributed by atoms with Gasteiger partial charge in [0.2, 0.25) is 5.28 Å². The summed E-state index contributed by atoms with van der Waals surface area (Å²) in [5.74, 6) is 0. The summed E-state index contributed by atoms with van der Waals surface area (Å²) >= 11 is 0. The maximum absolute atomic E-state index is 10.7. The van der Waals surface area contributed by atoms with Crippen molar-refractivity contribution in [2.24, 2.45) is 5.28 Å². The number of rotatable bonds is 2. The first kappa shape index (κ1) is 12.0. The van der Waals surface area contributed by atoms with Crippen molar-refractivity contribution in [1.82, 2.24) is 5.01 Å². The van der Waals surface area contributed by atoms with E-state index in [-0.39, 0.29) is 47.2 Å². The number of hydrogen-bond donors (Lipinski definition) is 2. The van der Waals surface area contributed by atoms with Crippen molar-refractivity contribution in [1.29, 1.82) is 0 Å². The molecule has 1 atom stereocenters. The maximum atomic E-state index is 10.7. The Morgan fingerprint density at radius 3 is 2.83 bits per heavy atom. The van der Waals surface area contributed by atoms with Gasteiger partial charge in [-0.1, -0.05) is 0 Å². The standard InChI is InChI=1S/C5H11N3O3.Na/c9-4-5-2-1-3-7(5)8(11)6-10;/h5,9-10H,1-4H2;/t5-;/m0./s1. The van der Waals surface area contributed by atoms with Crippen molar-refractivity contribution >= 4 is 29.6 Å². The molecule has 0 spiro atoms. The molecule has 1 fully saturated rings. The van der Waals surface area contributed by atoms with Gasteiger partial charge in [-0.05, 0) is 12.8 Å². The molecule has 0 aromatic rings. The van der Waals surface area contributed by atoms with E-state index in [1.807, 2.05) is 0 Å². The molecule has 1 radical (unpaired) electrons. The van der Waals surface area contributed by atoms with Gasteiger partial charge in [0.05, 0.1) is 18.1 Å². The SMILES string of the molecule is [Na].[O-][N+](=NO)N1CCC[C@H]1CO. The fourth-order valence-corrected chi connectivity index (χ4v) is 1.28. The third-order valence-corrected chi connectivity index (χ3v) is 1.85. The van der Waals surface area contributed by atoms with Gasteiger partial charge in [-0.3, -0.25) is 0 Å². The smallest absolute Gasteiger partial charge is 0.230 e. The van der Waals surface area contributed by atoms with Crippen LogP contribution in [0.1, 0.15) is 12.8 Å². The molecule has 6 nitrogen and oxygen atoms in total. The van der Waals surface area contributed by atoms with Gasteiger partial charge in [-0.2, -0.15) is 0 Å². The molecule has 0 bridgehead atoms. The first-order valence-electron chi connectivity index (χ1n) is 3.49. The number of hydrogen-bond acceptors (Lipinski definition) is 3. The normalized spacial score (nSPS) is 23.9. The second-order valence-electron chi connectivity index (χ2n) is 2.48. The Balaban J connectivity index is 0.00000121. The predicted molar refractivity (Wildman–Crippen MR) is 40.4 cm³/mol. The minimum atomic E-state index is -0.191. The summed E-state index contributed by atoms with van der Waals surface area (Å²) < 4.78 is 0. The zero-order chi connectivity index (χ0) is 8.27. The number of aliphatic hydroxyl groups excluding tert-OH is 1. The van der Waals surface area contributed by atoms with Gasteiger partial charge in [-0.15, -0.1) is 5.01 Å². The Morgan fingerprint density at radius 2 is 2.33 bits per heavy atom. The van der Waals surface area contributed by atoms with Gasteiger partial charge in [0, 0.05) is 29.6 Å². The summed E-state index contributed by atoms with van der Waals surface area (Å²) in [4.78, 5) is 0.119. The topological polar surface area (TPSA) is 82.1 Å². The van der Waals surface area contributed by atoms with Crippen LogP contribution in [-0.2, 0) is 0 Å². The summed E-state index contributed by atoms with van der Waals surface area (Å²) in [7, 11) is 0. The van der Waals surface area contributed by atoms with Crippen LogP contribution in [0.4, 0.5) is 0 Å². The Labute approximate surface area is 92.3 Å². The fraction of sp³-hybridized carbons (Fsp3) is 1.00. The van der Waals surface area contributed by atoms with Gasteiger partial charge >= 0.3 is 0 Å². The van der Waals surface area contributed by atoms with Gasteiger partial charge in [-0.25, -0.2) is 0 Å². The summed E-state index contributed by atoms with van der Waals surface area (Å²) in [6.07, 6.45) is 1.62. The second-order valence-corrected chi connectivity index (χ2v) is 2.48. The molecule has 0 unspecified atom stereocenters. The minimum Gasteiger partial charge on any atom is -0.569 e. The fourth-order valence-electron chi connectivity index (χ4n) is 1.28. The predicted octanol–water partition coefficient (Wildman–Crippen LogP) is -0.671. The number of aliphatic hydroxyl groups is 1. The summed E-state index contributed by atoms with van der Waals surface area (Å²) in [6.45, 7) is 0.465. The van der Waals surface area contributed by atoms with E-state index in [0.717, 1.165) is 12.8 Å². The van der Waals surface area contributed by atoms with Crippen LogP contribution in [0.15, 0.2) is 5.28 Å². The van der Waals surface area contributed by atoms with Crippen LogP contribution >= 0.6 is 0 Å². The Bertz CT molecular complexity index is 166. The average molecular weight is 184 g/mol. The summed E-state index contributed by atoms with van der Waals surface area (Å²) in [5, 5.41) is 31.3. The van der Waals surface area contributed by atoms with Crippen LogP contribution in [0.5, 0.6) is 0 Å². The average Bonchev–Trinajstić information content (AvgIpc) is 2.50. The molecule has 1 saturated heterocycles. The van der Waals surface area contributed by atoms with Crippen molar-refractivity contribution in [2.75, 3.05) is 13.2 Å². The van der Waals surface area contributed by atoms with Crippen LogP contribution in [-0.4, -0.2) is 69.0 Å². The van der Waals surface area contributed by atoms with Gasteiger partial charge < -0.3 is 15.5 Å². The van der Waals surface area contributed by atoms with Crippen LogP contribution < -0.4 is 0 Å². The van der Waals surface area contributed by atoms with Gasteiger partial charge in [0.15, 0.2) is 0 Å². The van der Waals surface area contributed by atoms with Gasteiger partial charge in [0.1, 0.15) is 6.04 Å². The molecule has 0 saturated carbocycles. The van der Waals surface area contributed by atoms with E-state index in [4.69, 9.17) is 10.3 Å². The van der Waals surface area contributed by atoms with E-state index in [2.05, 4.69) is 5.28 Å². The first-order chi connectivity index (χ1) is 5.29. The molecule has 0 aromatic carbocycles. The van der Waals surface area contributed by atoms with E-state index < -0.39 is 0 Å². The zero-order valence-electron chi connectivity index (χ0n) is 7.05. The Kier molecular flexibility index (Phi) is 5.56. The summed E-state index contributed by atoms with van der Waals surface area (Å²) in [6, 6.07) is -0.191. The zero-order valence-corrected chi connectivity index (χ0v) is 9.05. The molecule has 1 aliphatic heterocycles. The second kappa shape index (κ2) is 5.58. The molecular formula is C5H11N3NaO3. The molecule has 1 rings (SSSR count). The molecule has 0 aromatic heterocycles. The Hall–Kier alpha value is -0.0400.